The third kappa shape index (κ3) is 3.81. The van der Waals surface area contributed by atoms with Crippen molar-refractivity contribution in [2.45, 2.75) is 13.1 Å². The maximum atomic E-state index is 13.2. The molecule has 1 heterocycles. The first kappa shape index (κ1) is 20.1. The number of hydrogen-bond acceptors (Lipinski definition) is 4. The van der Waals surface area contributed by atoms with Crippen LogP contribution in [0.25, 0.3) is 6.08 Å². The summed E-state index contributed by atoms with van der Waals surface area (Å²) in [7, 11) is 0. The molecular weight excluding hydrogens is 411 g/mol. The second-order valence-corrected chi connectivity index (χ2v) is 7.57. The number of benzene rings is 2. The molecule has 1 N–H and O–H groups in total. The largest absolute Gasteiger partial charge is 0.478 e. The topological polar surface area (TPSA) is 57.6 Å². The lowest BCUT2D eigenvalue weighted by atomic mass is 10.1. The van der Waals surface area contributed by atoms with E-state index in [4.69, 9.17) is 17.3 Å². The Morgan fingerprint density at radius 3 is 2.39 bits per heavy atom. The molecule has 28 heavy (non-hydrogen) atoms. The average molecular weight is 423 g/mol. The molecule has 144 valence electrons. The molecule has 0 spiro atoms. The smallest absolute Gasteiger partial charge is 0.416 e. The summed E-state index contributed by atoms with van der Waals surface area (Å²) in [5.41, 5.74) is -0.150. The van der Waals surface area contributed by atoms with Crippen LogP contribution in [0.2, 0.25) is 0 Å². The van der Waals surface area contributed by atoms with Crippen LogP contribution in [-0.2, 0) is 11.0 Å². The number of carbonyl (C=O) groups excluding carboxylic acids is 1. The van der Waals surface area contributed by atoms with E-state index in [0.717, 1.165) is 22.7 Å². The number of thiocarbonyl (C=S) groups is 1. The van der Waals surface area contributed by atoms with Gasteiger partial charge in [0.2, 0.25) is 0 Å². The molecule has 1 amide bonds. The highest BCUT2D eigenvalue weighted by Gasteiger charge is 2.38. The first-order chi connectivity index (χ1) is 13.1. The van der Waals surface area contributed by atoms with Gasteiger partial charge < -0.3 is 5.11 Å². The van der Waals surface area contributed by atoms with Crippen LogP contribution in [0.1, 0.15) is 27.0 Å². The van der Waals surface area contributed by atoms with Crippen LogP contribution >= 0.6 is 24.0 Å². The normalized spacial score (nSPS) is 16.1. The van der Waals surface area contributed by atoms with Gasteiger partial charge in [-0.25, -0.2) is 4.79 Å². The highest BCUT2D eigenvalue weighted by Crippen LogP contribution is 2.41. The zero-order valence-corrected chi connectivity index (χ0v) is 15.9. The predicted molar refractivity (Wildman–Crippen MR) is 105 cm³/mol. The Balaban J connectivity index is 1.96. The van der Waals surface area contributed by atoms with E-state index in [1.165, 1.54) is 49.4 Å². The van der Waals surface area contributed by atoms with Gasteiger partial charge in [-0.1, -0.05) is 42.2 Å². The van der Waals surface area contributed by atoms with Crippen LogP contribution in [0.5, 0.6) is 0 Å². The lowest BCUT2D eigenvalue weighted by Crippen LogP contribution is -2.29. The van der Waals surface area contributed by atoms with Gasteiger partial charge in [0.05, 0.1) is 21.7 Å². The molecule has 0 atom stereocenters. The van der Waals surface area contributed by atoms with Gasteiger partial charge in [0.25, 0.3) is 5.91 Å². The fraction of sp³-hybridized carbons (Fsp3) is 0.105. The van der Waals surface area contributed by atoms with Crippen LogP contribution in [0.4, 0.5) is 18.9 Å². The van der Waals surface area contributed by atoms with Crippen molar-refractivity contribution in [1.82, 2.24) is 0 Å². The maximum Gasteiger partial charge on any atom is 0.416 e. The Morgan fingerprint density at radius 1 is 1.18 bits per heavy atom. The molecule has 1 saturated heterocycles. The van der Waals surface area contributed by atoms with Crippen molar-refractivity contribution in [2.75, 3.05) is 4.90 Å². The first-order valence-corrected chi connectivity index (χ1v) is 9.10. The molecule has 1 aliphatic heterocycles. The summed E-state index contributed by atoms with van der Waals surface area (Å²) in [5, 5.41) is 8.93. The molecule has 2 aromatic carbocycles. The van der Waals surface area contributed by atoms with Crippen LogP contribution in [0.3, 0.4) is 0 Å². The fourth-order valence-corrected chi connectivity index (χ4v) is 4.01. The molecule has 2 aromatic rings. The zero-order valence-electron chi connectivity index (χ0n) is 14.3. The Hall–Kier alpha value is -2.65. The van der Waals surface area contributed by atoms with E-state index < -0.39 is 23.6 Å². The Kier molecular flexibility index (Phi) is 5.31. The maximum absolute atomic E-state index is 13.2. The summed E-state index contributed by atoms with van der Waals surface area (Å²) in [6.07, 6.45) is -3.02. The van der Waals surface area contributed by atoms with Gasteiger partial charge in [0.15, 0.2) is 4.32 Å². The number of carboxylic acids is 1. The number of carbonyl (C=O) groups is 2. The number of nitrogens with zero attached hydrogens (tertiary/aromatic N) is 1. The molecule has 0 radical (unpaired) electrons. The standard InChI is InChI=1S/C19H12F3NO3S2/c1-10-13(19(20,21)22)3-2-4-14(10)23-16(24)15(28-18(23)27)9-11-5-7-12(8-6-11)17(25)26/h2-9H,1H3,(H,25,26)/b15-9-. The van der Waals surface area contributed by atoms with Crippen LogP contribution < -0.4 is 4.90 Å². The monoisotopic (exact) mass is 423 g/mol. The molecule has 1 aliphatic rings. The lowest BCUT2D eigenvalue weighted by molar-refractivity contribution is -0.138. The molecule has 9 heteroatoms. The van der Waals surface area contributed by atoms with Gasteiger partial charge in [0, 0.05) is 0 Å². The molecule has 3 rings (SSSR count). The van der Waals surface area contributed by atoms with Crippen LogP contribution in [0, 0.1) is 6.92 Å². The van der Waals surface area contributed by atoms with E-state index in [9.17, 15) is 22.8 Å². The zero-order chi connectivity index (χ0) is 20.6. The number of anilines is 1. The van der Waals surface area contributed by atoms with Gasteiger partial charge in [-0.05, 0) is 48.4 Å². The molecule has 0 bridgehead atoms. The van der Waals surface area contributed by atoms with Crippen molar-refractivity contribution in [3.8, 4) is 0 Å². The van der Waals surface area contributed by atoms with Crippen molar-refractivity contribution < 1.29 is 27.9 Å². The summed E-state index contributed by atoms with van der Waals surface area (Å²) in [4.78, 5) is 25.0. The number of thioether (sulfide) groups is 1. The minimum atomic E-state index is -4.54. The quantitative estimate of drug-likeness (QED) is 0.549. The summed E-state index contributed by atoms with van der Waals surface area (Å²) in [6, 6.07) is 9.46. The molecule has 0 unspecified atom stereocenters. The predicted octanol–water partition coefficient (Wildman–Crippen LogP) is 5.12. The number of hydrogen-bond donors (Lipinski definition) is 1. The van der Waals surface area contributed by atoms with Crippen LogP contribution in [-0.4, -0.2) is 21.3 Å². The van der Waals surface area contributed by atoms with E-state index in [2.05, 4.69) is 0 Å². The third-order valence-corrected chi connectivity index (χ3v) is 5.40. The second-order valence-electron chi connectivity index (χ2n) is 5.89. The number of halogens is 3. The molecule has 4 nitrogen and oxygen atoms in total. The summed E-state index contributed by atoms with van der Waals surface area (Å²) < 4.78 is 39.6. The number of amides is 1. The number of rotatable bonds is 3. The lowest BCUT2D eigenvalue weighted by Gasteiger charge is -2.20. The average Bonchev–Trinajstić information content (AvgIpc) is 2.88. The van der Waals surface area contributed by atoms with Gasteiger partial charge in [0.1, 0.15) is 0 Å². The Bertz CT molecular complexity index is 1010. The first-order valence-electron chi connectivity index (χ1n) is 7.87. The highest BCUT2D eigenvalue weighted by molar-refractivity contribution is 8.27. The SMILES string of the molecule is Cc1c(N2C(=O)/C(=C/c3ccc(C(=O)O)cc3)SC2=S)cccc1C(F)(F)F. The second kappa shape index (κ2) is 7.40. The van der Waals surface area contributed by atoms with Gasteiger partial charge in [-0.3, -0.25) is 9.69 Å². The molecule has 0 aromatic heterocycles. The van der Waals surface area contributed by atoms with Gasteiger partial charge >= 0.3 is 12.1 Å². The number of carboxylic acid groups (broad SMARTS) is 1. The Labute approximate surface area is 167 Å². The van der Waals surface area contributed by atoms with Crippen molar-refractivity contribution in [3.05, 3.63) is 69.6 Å². The van der Waals surface area contributed by atoms with Crippen LogP contribution in [0.15, 0.2) is 47.4 Å². The van der Waals surface area contributed by atoms with E-state index >= 15 is 0 Å². The van der Waals surface area contributed by atoms with E-state index in [0.29, 0.717) is 5.56 Å². The minimum Gasteiger partial charge on any atom is -0.478 e. The van der Waals surface area contributed by atoms with E-state index in [1.54, 1.807) is 0 Å². The molecule has 1 fully saturated rings. The van der Waals surface area contributed by atoms with E-state index in [1.807, 2.05) is 0 Å². The Morgan fingerprint density at radius 2 is 1.82 bits per heavy atom. The number of aromatic carboxylic acids is 1. The van der Waals surface area contributed by atoms with Gasteiger partial charge in [-0.2, -0.15) is 13.2 Å². The molecule has 0 saturated carbocycles. The highest BCUT2D eigenvalue weighted by atomic mass is 32.2. The van der Waals surface area contributed by atoms with Crippen molar-refractivity contribution >= 4 is 51.9 Å². The summed E-state index contributed by atoms with van der Waals surface area (Å²) in [6.45, 7) is 1.30. The number of alkyl halides is 3. The fourth-order valence-electron chi connectivity index (χ4n) is 2.72. The summed E-state index contributed by atoms with van der Waals surface area (Å²) in [5.74, 6) is -1.60. The van der Waals surface area contributed by atoms with Crippen molar-refractivity contribution in [3.63, 3.8) is 0 Å². The van der Waals surface area contributed by atoms with Crippen molar-refractivity contribution in [1.29, 1.82) is 0 Å². The molecule has 0 aliphatic carbocycles. The summed E-state index contributed by atoms with van der Waals surface area (Å²) >= 11 is 6.19. The van der Waals surface area contributed by atoms with Gasteiger partial charge in [-0.15, -0.1) is 0 Å². The third-order valence-electron chi connectivity index (χ3n) is 4.10. The van der Waals surface area contributed by atoms with E-state index in [-0.39, 0.29) is 26.0 Å². The minimum absolute atomic E-state index is 0.0849. The van der Waals surface area contributed by atoms with Crippen molar-refractivity contribution in [2.24, 2.45) is 0 Å². The molecular formula is C19H12F3NO3S2.